The van der Waals surface area contributed by atoms with Crippen molar-refractivity contribution in [3.8, 4) is 0 Å². The molecule has 1 aromatic heterocycles. The Morgan fingerprint density at radius 2 is 2.31 bits per heavy atom. The van der Waals surface area contributed by atoms with Crippen LogP contribution in [0.2, 0.25) is 0 Å². The number of H-pyrrole nitrogens is 1. The van der Waals surface area contributed by atoms with Gasteiger partial charge >= 0.3 is 0 Å². The molecule has 1 amide bonds. The SMILES string of the molecule is Nc1cc(F)ccc1NC(=O)c1cn[nH]c1. The fourth-order valence-corrected chi connectivity index (χ4v) is 1.22. The predicted molar refractivity (Wildman–Crippen MR) is 57.4 cm³/mol. The minimum atomic E-state index is -0.446. The highest BCUT2D eigenvalue weighted by Crippen LogP contribution is 2.19. The van der Waals surface area contributed by atoms with Gasteiger partial charge in [-0.05, 0) is 18.2 Å². The number of anilines is 2. The summed E-state index contributed by atoms with van der Waals surface area (Å²) in [6.45, 7) is 0. The van der Waals surface area contributed by atoms with E-state index in [4.69, 9.17) is 5.73 Å². The Balaban J connectivity index is 2.18. The van der Waals surface area contributed by atoms with Gasteiger partial charge in [0, 0.05) is 6.20 Å². The van der Waals surface area contributed by atoms with E-state index in [2.05, 4.69) is 15.5 Å². The molecule has 0 unspecified atom stereocenters. The van der Waals surface area contributed by atoms with E-state index in [0.717, 1.165) is 6.07 Å². The topological polar surface area (TPSA) is 83.8 Å². The zero-order valence-corrected chi connectivity index (χ0v) is 8.20. The molecule has 0 fully saturated rings. The molecule has 16 heavy (non-hydrogen) atoms. The average Bonchev–Trinajstić information content (AvgIpc) is 2.75. The van der Waals surface area contributed by atoms with Crippen molar-refractivity contribution in [3.05, 3.63) is 42.0 Å². The molecule has 5 nitrogen and oxygen atoms in total. The van der Waals surface area contributed by atoms with Crippen molar-refractivity contribution in [2.45, 2.75) is 0 Å². The number of nitrogens with two attached hydrogens (primary N) is 1. The summed E-state index contributed by atoms with van der Waals surface area (Å²) in [4.78, 5) is 11.6. The Labute approximate surface area is 90.5 Å². The molecular formula is C10H9FN4O. The molecule has 0 aliphatic carbocycles. The molecule has 0 saturated heterocycles. The smallest absolute Gasteiger partial charge is 0.258 e. The van der Waals surface area contributed by atoms with E-state index >= 15 is 0 Å². The van der Waals surface area contributed by atoms with Gasteiger partial charge in [0.2, 0.25) is 0 Å². The molecule has 4 N–H and O–H groups in total. The van der Waals surface area contributed by atoms with Crippen molar-refractivity contribution in [1.29, 1.82) is 0 Å². The van der Waals surface area contributed by atoms with E-state index in [1.807, 2.05) is 0 Å². The molecule has 0 aliphatic heterocycles. The minimum absolute atomic E-state index is 0.178. The van der Waals surface area contributed by atoms with Crippen molar-refractivity contribution in [2.75, 3.05) is 11.1 Å². The Bertz CT molecular complexity index is 510. The lowest BCUT2D eigenvalue weighted by Crippen LogP contribution is -2.12. The lowest BCUT2D eigenvalue weighted by molar-refractivity contribution is 0.102. The van der Waals surface area contributed by atoms with Crippen LogP contribution in [-0.2, 0) is 0 Å². The van der Waals surface area contributed by atoms with E-state index in [0.29, 0.717) is 11.3 Å². The summed E-state index contributed by atoms with van der Waals surface area (Å²) in [6.07, 6.45) is 2.84. The largest absolute Gasteiger partial charge is 0.397 e. The maximum absolute atomic E-state index is 12.8. The summed E-state index contributed by atoms with van der Waals surface area (Å²) in [5.74, 6) is -0.800. The van der Waals surface area contributed by atoms with Crippen LogP contribution in [0.15, 0.2) is 30.6 Å². The first-order valence-corrected chi connectivity index (χ1v) is 4.52. The Morgan fingerprint density at radius 1 is 1.50 bits per heavy atom. The lowest BCUT2D eigenvalue weighted by Gasteiger charge is -2.06. The fraction of sp³-hybridized carbons (Fsp3) is 0. The third-order valence-corrected chi connectivity index (χ3v) is 2.02. The third kappa shape index (κ3) is 2.00. The van der Waals surface area contributed by atoms with E-state index < -0.39 is 5.82 Å². The van der Waals surface area contributed by atoms with Gasteiger partial charge in [-0.2, -0.15) is 5.10 Å². The number of aromatic amines is 1. The Morgan fingerprint density at radius 3 is 2.94 bits per heavy atom. The van der Waals surface area contributed by atoms with Gasteiger partial charge in [0.1, 0.15) is 5.82 Å². The van der Waals surface area contributed by atoms with Crippen LogP contribution in [0.1, 0.15) is 10.4 Å². The number of hydrogen-bond donors (Lipinski definition) is 3. The van der Waals surface area contributed by atoms with Crippen LogP contribution in [0, 0.1) is 5.82 Å². The molecule has 6 heteroatoms. The van der Waals surface area contributed by atoms with E-state index in [-0.39, 0.29) is 11.6 Å². The molecule has 2 aromatic rings. The maximum Gasteiger partial charge on any atom is 0.258 e. The quantitative estimate of drug-likeness (QED) is 0.668. The Kier molecular flexibility index (Phi) is 2.55. The van der Waals surface area contributed by atoms with Gasteiger partial charge in [-0.15, -0.1) is 0 Å². The van der Waals surface area contributed by atoms with Crippen LogP contribution in [-0.4, -0.2) is 16.1 Å². The highest BCUT2D eigenvalue weighted by Gasteiger charge is 2.09. The molecule has 0 aliphatic rings. The second-order valence-electron chi connectivity index (χ2n) is 3.17. The summed E-state index contributed by atoms with van der Waals surface area (Å²) < 4.78 is 12.8. The van der Waals surface area contributed by atoms with Crippen LogP contribution < -0.4 is 11.1 Å². The Hall–Kier alpha value is -2.37. The summed E-state index contributed by atoms with van der Waals surface area (Å²) >= 11 is 0. The average molecular weight is 220 g/mol. The first kappa shape index (κ1) is 10.2. The first-order chi connectivity index (χ1) is 7.66. The highest BCUT2D eigenvalue weighted by atomic mass is 19.1. The molecule has 0 bridgehead atoms. The normalized spacial score (nSPS) is 10.1. The van der Waals surface area contributed by atoms with Gasteiger partial charge < -0.3 is 11.1 Å². The number of nitrogens with zero attached hydrogens (tertiary/aromatic N) is 1. The number of nitrogen functional groups attached to an aromatic ring is 1. The number of benzene rings is 1. The monoisotopic (exact) mass is 220 g/mol. The van der Waals surface area contributed by atoms with Gasteiger partial charge in [0.15, 0.2) is 0 Å². The van der Waals surface area contributed by atoms with E-state index in [1.165, 1.54) is 24.5 Å². The molecule has 82 valence electrons. The second kappa shape index (κ2) is 4.01. The van der Waals surface area contributed by atoms with Gasteiger partial charge in [-0.1, -0.05) is 0 Å². The molecule has 0 radical (unpaired) electrons. The fourth-order valence-electron chi connectivity index (χ4n) is 1.22. The molecule has 0 atom stereocenters. The van der Waals surface area contributed by atoms with Crippen molar-refractivity contribution in [1.82, 2.24) is 10.2 Å². The number of carbonyl (C=O) groups excluding carboxylic acids is 1. The summed E-state index contributed by atoms with van der Waals surface area (Å²) in [5.41, 5.74) is 6.47. The first-order valence-electron chi connectivity index (χ1n) is 4.52. The minimum Gasteiger partial charge on any atom is -0.397 e. The zero-order chi connectivity index (χ0) is 11.5. The third-order valence-electron chi connectivity index (χ3n) is 2.02. The number of hydrogen-bond acceptors (Lipinski definition) is 3. The summed E-state index contributed by atoms with van der Waals surface area (Å²) in [5, 5.41) is 8.71. The van der Waals surface area contributed by atoms with Crippen molar-refractivity contribution in [3.63, 3.8) is 0 Å². The van der Waals surface area contributed by atoms with Crippen LogP contribution >= 0.6 is 0 Å². The molecule has 1 aromatic carbocycles. The zero-order valence-electron chi connectivity index (χ0n) is 8.20. The van der Waals surface area contributed by atoms with Crippen LogP contribution in [0.5, 0.6) is 0 Å². The lowest BCUT2D eigenvalue weighted by atomic mass is 10.2. The number of carbonyl (C=O) groups is 1. The highest BCUT2D eigenvalue weighted by molar-refractivity contribution is 6.05. The summed E-state index contributed by atoms with van der Waals surface area (Å²) in [7, 11) is 0. The van der Waals surface area contributed by atoms with E-state index in [1.54, 1.807) is 0 Å². The van der Waals surface area contributed by atoms with Crippen LogP contribution in [0.3, 0.4) is 0 Å². The summed E-state index contributed by atoms with van der Waals surface area (Å²) in [6, 6.07) is 3.77. The predicted octanol–water partition coefficient (Wildman–Crippen LogP) is 1.38. The number of aromatic nitrogens is 2. The maximum atomic E-state index is 12.8. The van der Waals surface area contributed by atoms with Crippen molar-refractivity contribution >= 4 is 17.3 Å². The molecule has 0 spiro atoms. The number of halogens is 1. The van der Waals surface area contributed by atoms with Crippen LogP contribution in [0.25, 0.3) is 0 Å². The van der Waals surface area contributed by atoms with Crippen LogP contribution in [0.4, 0.5) is 15.8 Å². The molecular weight excluding hydrogens is 211 g/mol. The van der Waals surface area contributed by atoms with Gasteiger partial charge in [0.05, 0.1) is 23.1 Å². The van der Waals surface area contributed by atoms with Gasteiger partial charge in [0.25, 0.3) is 5.91 Å². The molecule has 0 saturated carbocycles. The molecule has 1 heterocycles. The number of nitrogens with one attached hydrogen (secondary N) is 2. The van der Waals surface area contributed by atoms with Crippen molar-refractivity contribution in [2.24, 2.45) is 0 Å². The standard InChI is InChI=1S/C10H9FN4O/c11-7-1-2-9(8(12)3-7)15-10(16)6-4-13-14-5-6/h1-5H,12H2,(H,13,14)(H,15,16). The number of rotatable bonds is 2. The van der Waals surface area contributed by atoms with E-state index in [9.17, 15) is 9.18 Å². The molecule has 2 rings (SSSR count). The number of amides is 1. The van der Waals surface area contributed by atoms with Gasteiger partial charge in [-0.3, -0.25) is 9.89 Å². The second-order valence-corrected chi connectivity index (χ2v) is 3.17. The van der Waals surface area contributed by atoms with Gasteiger partial charge in [-0.25, -0.2) is 4.39 Å². The van der Waals surface area contributed by atoms with Crippen molar-refractivity contribution < 1.29 is 9.18 Å².